The molecule has 4 heteroatoms. The van der Waals surface area contributed by atoms with Crippen LogP contribution in [-0.2, 0) is 19.1 Å². The van der Waals surface area contributed by atoms with Gasteiger partial charge in [-0.05, 0) is 19.3 Å². The highest BCUT2D eigenvalue weighted by Crippen LogP contribution is 2.22. The number of carbonyl (C=O) groups excluding carboxylic acids is 2. The van der Waals surface area contributed by atoms with Gasteiger partial charge in [0.05, 0.1) is 26.1 Å². The second-order valence-corrected chi connectivity index (χ2v) is 3.72. The molecule has 0 aromatic heterocycles. The van der Waals surface area contributed by atoms with Crippen molar-refractivity contribution in [1.82, 2.24) is 0 Å². The zero-order valence-corrected chi connectivity index (χ0v) is 10.5. The molecule has 0 aromatic rings. The molecule has 0 fully saturated rings. The Balaban J connectivity index is 4.65. The van der Waals surface area contributed by atoms with Gasteiger partial charge in [-0.15, -0.1) is 13.2 Å². The number of esters is 2. The molecule has 0 heterocycles. The number of hydrogen-bond donors (Lipinski definition) is 0. The summed E-state index contributed by atoms with van der Waals surface area (Å²) in [6, 6.07) is 0. The van der Waals surface area contributed by atoms with E-state index < -0.39 is 0 Å². The molecule has 0 spiro atoms. The Hall–Kier alpha value is -1.58. The van der Waals surface area contributed by atoms with Gasteiger partial charge in [0, 0.05) is 0 Å². The Morgan fingerprint density at radius 1 is 1.00 bits per heavy atom. The van der Waals surface area contributed by atoms with Gasteiger partial charge >= 0.3 is 11.9 Å². The topological polar surface area (TPSA) is 52.6 Å². The maximum absolute atomic E-state index is 11.5. The van der Waals surface area contributed by atoms with Crippen LogP contribution in [0, 0.1) is 11.8 Å². The van der Waals surface area contributed by atoms with Crippen LogP contribution < -0.4 is 0 Å². The van der Waals surface area contributed by atoms with Crippen LogP contribution in [0.1, 0.15) is 19.3 Å². The minimum atomic E-state index is -0.360. The molecule has 0 aliphatic carbocycles. The molecular weight excluding hydrogens is 220 g/mol. The first-order valence-electron chi connectivity index (χ1n) is 5.48. The van der Waals surface area contributed by atoms with E-state index >= 15 is 0 Å². The van der Waals surface area contributed by atoms with E-state index in [1.807, 2.05) is 0 Å². The molecule has 0 N–H and O–H groups in total. The van der Waals surface area contributed by atoms with E-state index in [-0.39, 0.29) is 23.8 Å². The summed E-state index contributed by atoms with van der Waals surface area (Å²) in [5, 5.41) is 0. The maximum atomic E-state index is 11.5. The van der Waals surface area contributed by atoms with E-state index in [0.29, 0.717) is 19.3 Å². The zero-order valence-electron chi connectivity index (χ0n) is 10.5. The average molecular weight is 240 g/mol. The molecule has 2 unspecified atom stereocenters. The minimum absolute atomic E-state index is 0.331. The highest BCUT2D eigenvalue weighted by Gasteiger charge is 2.26. The van der Waals surface area contributed by atoms with Crippen LogP contribution >= 0.6 is 0 Å². The predicted octanol–water partition coefficient (Wildman–Crippen LogP) is 2.11. The molecule has 4 nitrogen and oxygen atoms in total. The molecule has 0 radical (unpaired) electrons. The third-order valence-corrected chi connectivity index (χ3v) is 2.54. The molecule has 0 bridgehead atoms. The summed E-state index contributed by atoms with van der Waals surface area (Å²) in [6.45, 7) is 7.18. The van der Waals surface area contributed by atoms with Crippen LogP contribution in [0.2, 0.25) is 0 Å². The van der Waals surface area contributed by atoms with Crippen LogP contribution in [0.15, 0.2) is 25.3 Å². The summed E-state index contributed by atoms with van der Waals surface area (Å²) in [4.78, 5) is 23.0. The second-order valence-electron chi connectivity index (χ2n) is 3.72. The van der Waals surface area contributed by atoms with Gasteiger partial charge in [-0.2, -0.15) is 0 Å². The van der Waals surface area contributed by atoms with Gasteiger partial charge < -0.3 is 9.47 Å². The smallest absolute Gasteiger partial charge is 0.308 e. The van der Waals surface area contributed by atoms with Crippen LogP contribution in [0.25, 0.3) is 0 Å². The summed E-state index contributed by atoms with van der Waals surface area (Å²) in [5.74, 6) is -1.38. The number of rotatable bonds is 8. The first-order valence-corrected chi connectivity index (χ1v) is 5.48. The fourth-order valence-electron chi connectivity index (χ4n) is 1.66. The molecule has 0 saturated carbocycles. The number of carbonyl (C=O) groups is 2. The molecule has 0 aromatic carbocycles. The van der Waals surface area contributed by atoms with Gasteiger partial charge in [0.15, 0.2) is 0 Å². The Labute approximate surface area is 102 Å². The third kappa shape index (κ3) is 5.33. The summed E-state index contributed by atoms with van der Waals surface area (Å²) in [6.07, 6.45) is 4.64. The van der Waals surface area contributed by atoms with Crippen molar-refractivity contribution >= 4 is 11.9 Å². The molecule has 0 saturated heterocycles. The largest absolute Gasteiger partial charge is 0.469 e. The number of allylic oxidation sites excluding steroid dienone is 2. The van der Waals surface area contributed by atoms with Crippen molar-refractivity contribution in [1.29, 1.82) is 0 Å². The van der Waals surface area contributed by atoms with E-state index in [0.717, 1.165) is 0 Å². The van der Waals surface area contributed by atoms with Crippen LogP contribution in [0.3, 0.4) is 0 Å². The number of methoxy groups -OCH3 is 2. The maximum Gasteiger partial charge on any atom is 0.308 e. The zero-order chi connectivity index (χ0) is 13.3. The Kier molecular flexibility index (Phi) is 7.76. The molecular formula is C13H20O4. The molecule has 0 aliphatic heterocycles. The van der Waals surface area contributed by atoms with Gasteiger partial charge in [0.2, 0.25) is 0 Å². The van der Waals surface area contributed by atoms with Gasteiger partial charge in [0.1, 0.15) is 0 Å². The van der Waals surface area contributed by atoms with E-state index in [4.69, 9.17) is 9.47 Å². The highest BCUT2D eigenvalue weighted by molar-refractivity contribution is 5.76. The third-order valence-electron chi connectivity index (χ3n) is 2.54. The van der Waals surface area contributed by atoms with Gasteiger partial charge in [0.25, 0.3) is 0 Å². The van der Waals surface area contributed by atoms with Crippen LogP contribution in [-0.4, -0.2) is 26.2 Å². The number of hydrogen-bond acceptors (Lipinski definition) is 4. The van der Waals surface area contributed by atoms with Crippen molar-refractivity contribution in [2.24, 2.45) is 11.8 Å². The van der Waals surface area contributed by atoms with Crippen molar-refractivity contribution in [3.63, 3.8) is 0 Å². The number of ether oxygens (including phenoxy) is 2. The van der Waals surface area contributed by atoms with E-state index in [1.54, 1.807) is 12.2 Å². The summed E-state index contributed by atoms with van der Waals surface area (Å²) in [7, 11) is 2.66. The first kappa shape index (κ1) is 15.4. The predicted molar refractivity (Wildman–Crippen MR) is 65.3 cm³/mol. The molecule has 2 atom stereocenters. The first-order chi connectivity index (χ1) is 8.10. The highest BCUT2D eigenvalue weighted by atomic mass is 16.5. The Morgan fingerprint density at radius 2 is 1.35 bits per heavy atom. The van der Waals surface area contributed by atoms with Crippen LogP contribution in [0.5, 0.6) is 0 Å². The molecule has 17 heavy (non-hydrogen) atoms. The summed E-state index contributed by atoms with van der Waals surface area (Å²) < 4.78 is 9.39. The standard InChI is InChI=1S/C13H20O4/c1-5-7-10(12(14)16-3)9-11(8-6-2)13(15)17-4/h5-6,10-11H,1-2,7-9H2,3-4H3. The van der Waals surface area contributed by atoms with Crippen molar-refractivity contribution < 1.29 is 19.1 Å². The van der Waals surface area contributed by atoms with E-state index in [1.165, 1.54) is 14.2 Å². The SMILES string of the molecule is C=CCC(CC(CC=C)C(=O)OC)C(=O)OC. The fraction of sp³-hybridized carbons (Fsp3) is 0.538. The van der Waals surface area contributed by atoms with Gasteiger partial charge in [-0.25, -0.2) is 0 Å². The fourth-order valence-corrected chi connectivity index (χ4v) is 1.66. The van der Waals surface area contributed by atoms with E-state index in [9.17, 15) is 9.59 Å². The van der Waals surface area contributed by atoms with Crippen molar-refractivity contribution in [2.75, 3.05) is 14.2 Å². The monoisotopic (exact) mass is 240 g/mol. The second kappa shape index (κ2) is 8.56. The Morgan fingerprint density at radius 3 is 1.59 bits per heavy atom. The molecule has 0 aliphatic rings. The summed E-state index contributed by atoms with van der Waals surface area (Å²) >= 11 is 0. The lowest BCUT2D eigenvalue weighted by atomic mass is 9.90. The van der Waals surface area contributed by atoms with Crippen LogP contribution in [0.4, 0.5) is 0 Å². The minimum Gasteiger partial charge on any atom is -0.469 e. The lowest BCUT2D eigenvalue weighted by Crippen LogP contribution is -2.24. The van der Waals surface area contributed by atoms with E-state index in [2.05, 4.69) is 13.2 Å². The normalized spacial score (nSPS) is 13.3. The Bertz CT molecular complexity index is 255. The molecule has 96 valence electrons. The lowest BCUT2D eigenvalue weighted by molar-refractivity contribution is -0.149. The molecule has 0 amide bonds. The quantitative estimate of drug-likeness (QED) is 0.481. The average Bonchev–Trinajstić information content (AvgIpc) is 2.35. The van der Waals surface area contributed by atoms with Gasteiger partial charge in [-0.3, -0.25) is 9.59 Å². The summed E-state index contributed by atoms with van der Waals surface area (Å²) in [5.41, 5.74) is 0. The van der Waals surface area contributed by atoms with Crippen molar-refractivity contribution in [3.05, 3.63) is 25.3 Å². The lowest BCUT2D eigenvalue weighted by Gasteiger charge is -2.18. The van der Waals surface area contributed by atoms with Gasteiger partial charge in [-0.1, -0.05) is 12.2 Å². The molecule has 0 rings (SSSR count). The van der Waals surface area contributed by atoms with Crippen molar-refractivity contribution in [3.8, 4) is 0 Å². The van der Waals surface area contributed by atoms with Crippen molar-refractivity contribution in [2.45, 2.75) is 19.3 Å².